The van der Waals surface area contributed by atoms with E-state index in [2.05, 4.69) is 12.1 Å². The molecule has 0 bridgehead atoms. The van der Waals surface area contributed by atoms with Crippen molar-refractivity contribution in [1.82, 2.24) is 4.90 Å². The fourth-order valence-electron chi connectivity index (χ4n) is 3.27. The molecule has 1 amide bonds. The predicted molar refractivity (Wildman–Crippen MR) is 115 cm³/mol. The third kappa shape index (κ3) is 5.93. The molecule has 0 spiro atoms. The van der Waals surface area contributed by atoms with Gasteiger partial charge < -0.3 is 9.64 Å². The number of carbonyl (C=O) groups excluding carboxylic acids is 1. The number of methoxy groups -OCH3 is 1. The molecule has 3 rings (SSSR count). The third-order valence-corrected chi connectivity index (χ3v) is 5.34. The van der Waals surface area contributed by atoms with Crippen LogP contribution in [0.25, 0.3) is 6.08 Å². The summed E-state index contributed by atoms with van der Waals surface area (Å²) in [6.07, 6.45) is 5.40. The Hall–Kier alpha value is -2.61. The van der Waals surface area contributed by atoms with Crippen molar-refractivity contribution in [3.05, 3.63) is 75.8 Å². The van der Waals surface area contributed by atoms with Crippen molar-refractivity contribution in [2.75, 3.05) is 13.7 Å². The zero-order chi connectivity index (χ0) is 20.6. The molecule has 0 unspecified atom stereocenters. The number of hydrogen-bond donors (Lipinski definition) is 0. The molecule has 0 saturated heterocycles. The molecule has 4 nitrogen and oxygen atoms in total. The van der Waals surface area contributed by atoms with Gasteiger partial charge in [-0.05, 0) is 54.5 Å². The first-order valence-corrected chi connectivity index (χ1v) is 10.2. The maximum absolute atomic E-state index is 13.1. The summed E-state index contributed by atoms with van der Waals surface area (Å²) in [5.74, 6) is -0.236. The average molecular weight is 409 g/mol. The average Bonchev–Trinajstić information content (AvgIpc) is 3.58. The van der Waals surface area contributed by atoms with E-state index >= 15 is 0 Å². The summed E-state index contributed by atoms with van der Waals surface area (Å²) in [6, 6.07) is 17.7. The Bertz CT molecular complexity index is 914. The minimum Gasteiger partial charge on any atom is -0.385 e. The molecule has 1 aliphatic rings. The summed E-state index contributed by atoms with van der Waals surface area (Å²) in [6.45, 7) is 1.12. The molecular weight excluding hydrogens is 384 g/mol. The van der Waals surface area contributed by atoms with Gasteiger partial charge in [0.2, 0.25) is 0 Å². The number of hydrogen-bond acceptors (Lipinski definition) is 3. The molecule has 5 heteroatoms. The van der Waals surface area contributed by atoms with Crippen LogP contribution >= 0.6 is 11.6 Å². The van der Waals surface area contributed by atoms with Crippen molar-refractivity contribution in [2.45, 2.75) is 38.3 Å². The largest absolute Gasteiger partial charge is 0.385 e. The first-order chi connectivity index (χ1) is 14.1. The number of aryl methyl sites for hydroxylation is 1. The summed E-state index contributed by atoms with van der Waals surface area (Å²) in [4.78, 5) is 14.9. The molecule has 0 aliphatic heterocycles. The van der Waals surface area contributed by atoms with Gasteiger partial charge in [-0.1, -0.05) is 54.1 Å². The first kappa shape index (κ1) is 21.1. The van der Waals surface area contributed by atoms with E-state index in [0.29, 0.717) is 18.2 Å². The maximum Gasteiger partial charge on any atom is 0.265 e. The van der Waals surface area contributed by atoms with E-state index in [1.54, 1.807) is 18.1 Å². The summed E-state index contributed by atoms with van der Waals surface area (Å²) in [5, 5.41) is 10.2. The molecule has 1 aliphatic carbocycles. The van der Waals surface area contributed by atoms with Crippen molar-refractivity contribution in [1.29, 1.82) is 5.26 Å². The Morgan fingerprint density at radius 2 is 2.03 bits per heavy atom. The summed E-state index contributed by atoms with van der Waals surface area (Å²) < 4.78 is 5.12. The van der Waals surface area contributed by atoms with Crippen molar-refractivity contribution in [3.63, 3.8) is 0 Å². The quantitative estimate of drug-likeness (QED) is 0.332. The molecule has 2 aromatic carbocycles. The summed E-state index contributed by atoms with van der Waals surface area (Å²) in [7, 11) is 1.70. The number of halogens is 1. The van der Waals surface area contributed by atoms with Crippen LogP contribution < -0.4 is 0 Å². The van der Waals surface area contributed by atoms with Crippen LogP contribution in [0.2, 0.25) is 5.02 Å². The van der Waals surface area contributed by atoms with Gasteiger partial charge in [0.05, 0.1) is 0 Å². The highest BCUT2D eigenvalue weighted by Crippen LogP contribution is 2.31. The SMILES string of the molecule is COCCCc1ccc(Cl)c(CN(C(=O)/C(C#N)=C/c2ccccc2)C2CC2)c1. The molecule has 2 aromatic rings. The van der Waals surface area contributed by atoms with E-state index in [9.17, 15) is 10.1 Å². The Labute approximate surface area is 177 Å². The molecule has 0 radical (unpaired) electrons. The molecule has 150 valence electrons. The van der Waals surface area contributed by atoms with Gasteiger partial charge in [0.25, 0.3) is 5.91 Å². The topological polar surface area (TPSA) is 53.3 Å². The third-order valence-electron chi connectivity index (χ3n) is 4.97. The molecule has 0 atom stereocenters. The minimum atomic E-state index is -0.236. The number of nitrogens with zero attached hydrogens (tertiary/aromatic N) is 2. The second kappa shape index (κ2) is 10.2. The van der Waals surface area contributed by atoms with Gasteiger partial charge in [-0.15, -0.1) is 0 Å². The monoisotopic (exact) mass is 408 g/mol. The van der Waals surface area contributed by atoms with Gasteiger partial charge in [-0.3, -0.25) is 4.79 Å². The van der Waals surface area contributed by atoms with Crippen LogP contribution in [0.4, 0.5) is 0 Å². The first-order valence-electron chi connectivity index (χ1n) is 9.86. The van der Waals surface area contributed by atoms with E-state index in [1.807, 2.05) is 42.5 Å². The zero-order valence-electron chi connectivity index (χ0n) is 16.6. The second-order valence-corrected chi connectivity index (χ2v) is 7.67. The van der Waals surface area contributed by atoms with Crippen molar-refractivity contribution in [2.24, 2.45) is 0 Å². The Kier molecular flexibility index (Phi) is 7.46. The Morgan fingerprint density at radius 1 is 1.28 bits per heavy atom. The van der Waals surface area contributed by atoms with Crippen molar-refractivity contribution >= 4 is 23.6 Å². The number of nitriles is 1. The van der Waals surface area contributed by atoms with Gasteiger partial charge >= 0.3 is 0 Å². The standard InChI is InChI=1S/C24H25ClN2O2/c1-29-13-5-8-19-9-12-23(25)21(15-19)17-27(22-10-11-22)24(28)20(16-26)14-18-6-3-2-4-7-18/h2-4,6-7,9,12,14-15,22H,5,8,10-11,13,17H2,1H3/b20-14+. The van der Waals surface area contributed by atoms with Crippen LogP contribution in [0.1, 0.15) is 36.0 Å². The Balaban J connectivity index is 1.80. The number of benzene rings is 2. The van der Waals surface area contributed by atoms with Crippen LogP contribution in [0.5, 0.6) is 0 Å². The van der Waals surface area contributed by atoms with E-state index in [-0.39, 0.29) is 17.5 Å². The van der Waals surface area contributed by atoms with Crippen LogP contribution in [0.15, 0.2) is 54.1 Å². The van der Waals surface area contributed by atoms with Crippen molar-refractivity contribution < 1.29 is 9.53 Å². The number of ether oxygens (including phenoxy) is 1. The van der Waals surface area contributed by atoms with Gasteiger partial charge in [0.1, 0.15) is 11.6 Å². The van der Waals surface area contributed by atoms with E-state index in [0.717, 1.165) is 36.8 Å². The molecule has 0 heterocycles. The molecule has 0 aromatic heterocycles. The summed E-state index contributed by atoms with van der Waals surface area (Å²) >= 11 is 6.43. The van der Waals surface area contributed by atoms with Crippen molar-refractivity contribution in [3.8, 4) is 6.07 Å². The lowest BCUT2D eigenvalue weighted by molar-refractivity contribution is -0.127. The number of carbonyl (C=O) groups is 1. The lowest BCUT2D eigenvalue weighted by Gasteiger charge is -2.23. The van der Waals surface area contributed by atoms with Crippen LogP contribution in [0.3, 0.4) is 0 Å². The normalized spacial score (nSPS) is 13.8. The summed E-state index contributed by atoms with van der Waals surface area (Å²) in [5.41, 5.74) is 3.07. The zero-order valence-corrected chi connectivity index (χ0v) is 17.4. The van der Waals surface area contributed by atoms with Gasteiger partial charge in [-0.2, -0.15) is 5.26 Å². The smallest absolute Gasteiger partial charge is 0.265 e. The van der Waals surface area contributed by atoms with Crippen LogP contribution in [0, 0.1) is 11.3 Å². The fraction of sp³-hybridized carbons (Fsp3) is 0.333. The fourth-order valence-corrected chi connectivity index (χ4v) is 3.45. The van der Waals surface area contributed by atoms with Gasteiger partial charge in [0.15, 0.2) is 0 Å². The number of rotatable bonds is 9. The molecule has 1 fully saturated rings. The number of amides is 1. The van der Waals surface area contributed by atoms with E-state index in [1.165, 1.54) is 5.56 Å². The molecule has 29 heavy (non-hydrogen) atoms. The lowest BCUT2D eigenvalue weighted by Crippen LogP contribution is -2.33. The highest BCUT2D eigenvalue weighted by molar-refractivity contribution is 6.31. The molecule has 1 saturated carbocycles. The highest BCUT2D eigenvalue weighted by Gasteiger charge is 2.34. The Morgan fingerprint density at radius 3 is 2.69 bits per heavy atom. The second-order valence-electron chi connectivity index (χ2n) is 7.27. The molecular formula is C24H25ClN2O2. The predicted octanol–water partition coefficient (Wildman–Crippen LogP) is 5.02. The minimum absolute atomic E-state index is 0.149. The molecule has 0 N–H and O–H groups in total. The van der Waals surface area contributed by atoms with E-state index in [4.69, 9.17) is 16.3 Å². The lowest BCUT2D eigenvalue weighted by atomic mass is 10.1. The van der Waals surface area contributed by atoms with Gasteiger partial charge in [0, 0.05) is 31.3 Å². The van der Waals surface area contributed by atoms with Crippen LogP contribution in [-0.4, -0.2) is 30.6 Å². The van der Waals surface area contributed by atoms with Crippen LogP contribution in [-0.2, 0) is 22.5 Å². The van der Waals surface area contributed by atoms with Gasteiger partial charge in [-0.25, -0.2) is 0 Å². The maximum atomic E-state index is 13.1. The van der Waals surface area contributed by atoms with E-state index < -0.39 is 0 Å². The highest BCUT2D eigenvalue weighted by atomic mass is 35.5.